The Morgan fingerprint density at radius 2 is 1.91 bits per heavy atom. The van der Waals surface area contributed by atoms with Gasteiger partial charge in [0.15, 0.2) is 0 Å². The number of fused-ring (bicyclic) bond motifs is 5. The van der Waals surface area contributed by atoms with E-state index in [1.54, 1.807) is 28.8 Å². The number of hydrogen-bond donors (Lipinski definition) is 0. The Balaban J connectivity index is 1.36. The van der Waals surface area contributed by atoms with E-state index in [9.17, 15) is 14.4 Å². The molecule has 7 nitrogen and oxygen atoms in total. The molecule has 1 aliphatic rings. The highest BCUT2D eigenvalue weighted by Crippen LogP contribution is 2.28. The molecule has 0 amide bonds. The van der Waals surface area contributed by atoms with Gasteiger partial charge in [-0.25, -0.2) is 14.6 Å². The number of nitrogens with zero attached hydrogens (tertiary/aromatic N) is 2. The fraction of sp³-hybridized carbons (Fsp3) is 0.154. The van der Waals surface area contributed by atoms with Crippen LogP contribution in [0.15, 0.2) is 74.7 Å². The van der Waals surface area contributed by atoms with Crippen LogP contribution in [0.1, 0.15) is 28.2 Å². The molecule has 7 heteroatoms. The first kappa shape index (κ1) is 19.4. The van der Waals surface area contributed by atoms with Gasteiger partial charge in [-0.05, 0) is 41.5 Å². The lowest BCUT2D eigenvalue weighted by atomic mass is 10.0. The van der Waals surface area contributed by atoms with E-state index >= 15 is 0 Å². The summed E-state index contributed by atoms with van der Waals surface area (Å²) in [5.41, 5.74) is 1.21. The molecule has 0 N–H and O–H groups in total. The van der Waals surface area contributed by atoms with Crippen molar-refractivity contribution in [2.24, 2.45) is 0 Å². The summed E-state index contributed by atoms with van der Waals surface area (Å²) in [6, 6.07) is 17.5. The van der Waals surface area contributed by atoms with Crippen molar-refractivity contribution in [3.05, 3.63) is 98.4 Å². The molecule has 0 unspecified atom stereocenters. The average Bonchev–Trinajstić information content (AvgIpc) is 3.30. The van der Waals surface area contributed by atoms with E-state index < -0.39 is 11.6 Å². The smallest absolute Gasteiger partial charge is 0.338 e. The van der Waals surface area contributed by atoms with Crippen molar-refractivity contribution in [1.82, 2.24) is 9.55 Å². The standard InChI is InChI=1S/C26H18N2O5/c29-23-13-17(24-18-5-2-1-4-15(18)8-10-21(24)33-23)14-32-26(31)16-7-9-19-20(12-16)27-22-6-3-11-28(22)25(19)30/h1-2,4-5,7-10,12-13H,3,6,11,14H2. The molecule has 3 aromatic carbocycles. The highest BCUT2D eigenvalue weighted by atomic mass is 16.5. The summed E-state index contributed by atoms with van der Waals surface area (Å²) >= 11 is 0. The molecular weight excluding hydrogens is 420 g/mol. The highest BCUT2D eigenvalue weighted by Gasteiger charge is 2.18. The topological polar surface area (TPSA) is 91.4 Å². The predicted octanol–water partition coefficient (Wildman–Crippen LogP) is 3.96. The van der Waals surface area contributed by atoms with Crippen molar-refractivity contribution in [3.63, 3.8) is 0 Å². The Bertz CT molecular complexity index is 1710. The molecule has 5 aromatic rings. The number of esters is 1. The van der Waals surface area contributed by atoms with Crippen molar-refractivity contribution in [3.8, 4) is 0 Å². The number of aromatic nitrogens is 2. The van der Waals surface area contributed by atoms with Gasteiger partial charge in [-0.1, -0.05) is 30.3 Å². The summed E-state index contributed by atoms with van der Waals surface area (Å²) in [6.07, 6.45) is 1.64. The van der Waals surface area contributed by atoms with E-state index in [1.165, 1.54) is 6.07 Å². The molecule has 2 aromatic heterocycles. The van der Waals surface area contributed by atoms with Crippen LogP contribution in [0.3, 0.4) is 0 Å². The largest absolute Gasteiger partial charge is 0.457 e. The first-order chi connectivity index (χ1) is 16.1. The van der Waals surface area contributed by atoms with E-state index in [2.05, 4.69) is 4.98 Å². The summed E-state index contributed by atoms with van der Waals surface area (Å²) in [7, 11) is 0. The van der Waals surface area contributed by atoms with Crippen molar-refractivity contribution in [1.29, 1.82) is 0 Å². The first-order valence-electron chi connectivity index (χ1n) is 10.7. The third kappa shape index (κ3) is 3.20. The number of carbonyl (C=O) groups is 1. The van der Waals surface area contributed by atoms with Crippen molar-refractivity contribution >= 4 is 38.6 Å². The lowest BCUT2D eigenvalue weighted by molar-refractivity contribution is 0.0474. The summed E-state index contributed by atoms with van der Waals surface area (Å²) < 4.78 is 12.6. The fourth-order valence-corrected chi connectivity index (χ4v) is 4.57. The van der Waals surface area contributed by atoms with Crippen LogP contribution in [0.5, 0.6) is 0 Å². The van der Waals surface area contributed by atoms with Crippen molar-refractivity contribution in [2.75, 3.05) is 0 Å². The van der Waals surface area contributed by atoms with Gasteiger partial charge in [-0.15, -0.1) is 0 Å². The van der Waals surface area contributed by atoms with Crippen molar-refractivity contribution < 1.29 is 13.9 Å². The van der Waals surface area contributed by atoms with Gasteiger partial charge in [-0.2, -0.15) is 0 Å². The summed E-state index contributed by atoms with van der Waals surface area (Å²) in [4.78, 5) is 42.1. The maximum absolute atomic E-state index is 12.8. The lowest BCUT2D eigenvalue weighted by Gasteiger charge is -2.10. The Hall–Kier alpha value is -4.26. The van der Waals surface area contributed by atoms with Crippen LogP contribution in [0.4, 0.5) is 0 Å². The molecule has 0 saturated heterocycles. The molecule has 6 rings (SSSR count). The average molecular weight is 438 g/mol. The van der Waals surface area contributed by atoms with Crippen LogP contribution in [0.25, 0.3) is 32.6 Å². The molecule has 0 radical (unpaired) electrons. The molecule has 0 fully saturated rings. The zero-order valence-corrected chi connectivity index (χ0v) is 17.5. The van der Waals surface area contributed by atoms with Gasteiger partial charge in [0.25, 0.3) is 5.56 Å². The number of carbonyl (C=O) groups excluding carboxylic acids is 1. The van der Waals surface area contributed by atoms with Gasteiger partial charge in [0.1, 0.15) is 18.0 Å². The number of aryl methyl sites for hydroxylation is 1. The third-order valence-electron chi connectivity index (χ3n) is 6.13. The second-order valence-electron chi connectivity index (χ2n) is 8.15. The Kier molecular flexibility index (Phi) is 4.36. The minimum atomic E-state index is -0.555. The lowest BCUT2D eigenvalue weighted by Crippen LogP contribution is -2.21. The quantitative estimate of drug-likeness (QED) is 0.241. The molecule has 33 heavy (non-hydrogen) atoms. The van der Waals surface area contributed by atoms with E-state index in [0.717, 1.165) is 34.8 Å². The molecule has 0 bridgehead atoms. The monoisotopic (exact) mass is 438 g/mol. The Morgan fingerprint density at radius 3 is 2.82 bits per heavy atom. The zero-order chi connectivity index (χ0) is 22.5. The maximum Gasteiger partial charge on any atom is 0.338 e. The maximum atomic E-state index is 12.8. The first-order valence-corrected chi connectivity index (χ1v) is 10.7. The predicted molar refractivity (Wildman–Crippen MR) is 123 cm³/mol. The summed E-state index contributed by atoms with van der Waals surface area (Å²) in [6.45, 7) is 0.585. The normalized spacial score (nSPS) is 13.0. The Labute approximate surface area is 186 Å². The van der Waals surface area contributed by atoms with Crippen LogP contribution in [0.2, 0.25) is 0 Å². The molecule has 0 aliphatic carbocycles. The second-order valence-corrected chi connectivity index (χ2v) is 8.15. The highest BCUT2D eigenvalue weighted by molar-refractivity contribution is 6.07. The molecule has 0 saturated carbocycles. The SMILES string of the molecule is O=C(OCc1cc(=O)oc2ccc3ccccc3c12)c1ccc2c(=O)n3c(nc2c1)CCC3. The summed E-state index contributed by atoms with van der Waals surface area (Å²) in [5, 5.41) is 3.12. The zero-order valence-electron chi connectivity index (χ0n) is 17.5. The molecular formula is C26H18N2O5. The van der Waals surface area contributed by atoms with Gasteiger partial charge < -0.3 is 9.15 Å². The van der Waals surface area contributed by atoms with E-state index in [0.29, 0.717) is 34.2 Å². The molecule has 0 atom stereocenters. The van der Waals surface area contributed by atoms with E-state index in [1.807, 2.05) is 30.3 Å². The minimum Gasteiger partial charge on any atom is -0.457 e. The van der Waals surface area contributed by atoms with E-state index in [-0.39, 0.29) is 12.2 Å². The van der Waals surface area contributed by atoms with Crippen LogP contribution >= 0.6 is 0 Å². The van der Waals surface area contributed by atoms with E-state index in [4.69, 9.17) is 9.15 Å². The molecule has 3 heterocycles. The third-order valence-corrected chi connectivity index (χ3v) is 6.13. The minimum absolute atomic E-state index is 0.0817. The Morgan fingerprint density at radius 1 is 1.03 bits per heavy atom. The van der Waals surface area contributed by atoms with Gasteiger partial charge in [0.2, 0.25) is 0 Å². The van der Waals surface area contributed by atoms with Crippen molar-refractivity contribution in [2.45, 2.75) is 26.0 Å². The van der Waals surface area contributed by atoms with Crippen LogP contribution in [-0.2, 0) is 24.3 Å². The fourth-order valence-electron chi connectivity index (χ4n) is 4.57. The molecule has 162 valence electrons. The number of benzene rings is 3. The van der Waals surface area contributed by atoms with Gasteiger partial charge in [-0.3, -0.25) is 9.36 Å². The second kappa shape index (κ2) is 7.41. The molecule has 0 spiro atoms. The van der Waals surface area contributed by atoms with Gasteiger partial charge >= 0.3 is 11.6 Å². The summed E-state index contributed by atoms with van der Waals surface area (Å²) in [5.74, 6) is 0.188. The van der Waals surface area contributed by atoms with Crippen LogP contribution in [0, 0.1) is 0 Å². The van der Waals surface area contributed by atoms with Crippen LogP contribution in [-0.4, -0.2) is 15.5 Å². The van der Waals surface area contributed by atoms with Gasteiger partial charge in [0, 0.05) is 30.0 Å². The van der Waals surface area contributed by atoms with Crippen LogP contribution < -0.4 is 11.2 Å². The number of hydrogen-bond acceptors (Lipinski definition) is 6. The molecule has 1 aliphatic heterocycles. The number of ether oxygens (including phenoxy) is 1. The number of rotatable bonds is 3. The van der Waals surface area contributed by atoms with Gasteiger partial charge in [0.05, 0.1) is 16.5 Å².